The maximum atomic E-state index is 12.2. The zero-order valence-electron chi connectivity index (χ0n) is 11.7. The second-order valence-electron chi connectivity index (χ2n) is 4.74. The highest BCUT2D eigenvalue weighted by atomic mass is 127. The summed E-state index contributed by atoms with van der Waals surface area (Å²) in [6, 6.07) is 14.8. The van der Waals surface area contributed by atoms with Crippen LogP contribution in [0, 0.1) is 3.57 Å². The minimum atomic E-state index is -0.134. The molecule has 2 aromatic carbocycles. The number of benzene rings is 2. The summed E-state index contributed by atoms with van der Waals surface area (Å²) in [5.74, 6) is 0.573. The van der Waals surface area contributed by atoms with E-state index in [-0.39, 0.29) is 5.91 Å². The number of halogens is 1. The molecular formula is C17H16INO2. The fraction of sp³-hybridized carbons (Fsp3) is 0.118. The molecule has 0 aliphatic heterocycles. The molecule has 0 bridgehead atoms. The van der Waals surface area contributed by atoms with Gasteiger partial charge in [-0.2, -0.15) is 0 Å². The predicted molar refractivity (Wildman–Crippen MR) is 93.9 cm³/mol. The molecule has 0 fully saturated rings. The van der Waals surface area contributed by atoms with Gasteiger partial charge in [-0.15, -0.1) is 0 Å². The van der Waals surface area contributed by atoms with Crippen molar-refractivity contribution in [1.82, 2.24) is 0 Å². The highest BCUT2D eigenvalue weighted by Gasteiger charge is 2.07. The van der Waals surface area contributed by atoms with Gasteiger partial charge in [-0.25, -0.2) is 0 Å². The molecule has 108 valence electrons. The zero-order valence-corrected chi connectivity index (χ0v) is 13.9. The number of carbonyl (C=O) groups is 1. The summed E-state index contributed by atoms with van der Waals surface area (Å²) in [6.07, 6.45) is 0. The van der Waals surface area contributed by atoms with Crippen LogP contribution in [-0.4, -0.2) is 12.5 Å². The van der Waals surface area contributed by atoms with Crippen molar-refractivity contribution in [2.45, 2.75) is 6.92 Å². The molecule has 0 saturated heterocycles. The fourth-order valence-corrected chi connectivity index (χ4v) is 2.25. The Bertz CT molecular complexity index is 667. The summed E-state index contributed by atoms with van der Waals surface area (Å²) >= 11 is 2.18. The Morgan fingerprint density at radius 3 is 2.71 bits per heavy atom. The molecule has 1 amide bonds. The highest BCUT2D eigenvalue weighted by molar-refractivity contribution is 14.1. The molecule has 2 rings (SSSR count). The van der Waals surface area contributed by atoms with Crippen LogP contribution >= 0.6 is 22.6 Å². The van der Waals surface area contributed by atoms with Crippen molar-refractivity contribution in [2.75, 3.05) is 11.9 Å². The number of amides is 1. The third kappa shape index (κ3) is 4.90. The van der Waals surface area contributed by atoms with Crippen LogP contribution < -0.4 is 10.1 Å². The standard InChI is InChI=1S/C17H16INO2/c1-12(2)11-21-16-8-4-7-15(10-16)19-17(20)13-5-3-6-14(18)9-13/h3-10H,1,11H2,2H3,(H,19,20). The van der Waals surface area contributed by atoms with E-state index in [1.54, 1.807) is 12.1 Å². The van der Waals surface area contributed by atoms with Crippen molar-refractivity contribution < 1.29 is 9.53 Å². The normalized spacial score (nSPS) is 10.0. The third-order valence-electron chi connectivity index (χ3n) is 2.66. The molecule has 0 atom stereocenters. The van der Waals surface area contributed by atoms with Crippen molar-refractivity contribution in [3.8, 4) is 5.75 Å². The molecule has 4 heteroatoms. The van der Waals surface area contributed by atoms with Crippen LogP contribution in [0.4, 0.5) is 5.69 Å². The Labute approximate surface area is 138 Å². The van der Waals surface area contributed by atoms with Crippen LogP contribution in [0.15, 0.2) is 60.7 Å². The summed E-state index contributed by atoms with van der Waals surface area (Å²) in [7, 11) is 0. The molecule has 21 heavy (non-hydrogen) atoms. The van der Waals surface area contributed by atoms with Crippen LogP contribution in [0.5, 0.6) is 5.75 Å². The summed E-state index contributed by atoms with van der Waals surface area (Å²) in [6.45, 7) is 6.17. The number of ether oxygens (including phenoxy) is 1. The number of hydrogen-bond acceptors (Lipinski definition) is 2. The minimum absolute atomic E-state index is 0.134. The Morgan fingerprint density at radius 2 is 2.00 bits per heavy atom. The molecule has 0 aliphatic carbocycles. The van der Waals surface area contributed by atoms with Crippen LogP contribution in [0.25, 0.3) is 0 Å². The van der Waals surface area contributed by atoms with E-state index in [9.17, 15) is 4.79 Å². The number of nitrogens with one attached hydrogen (secondary N) is 1. The molecule has 3 nitrogen and oxygen atoms in total. The second kappa shape index (κ2) is 7.26. The first kappa shape index (κ1) is 15.6. The van der Waals surface area contributed by atoms with Gasteiger partial charge in [0.2, 0.25) is 0 Å². The molecule has 0 spiro atoms. The number of hydrogen-bond donors (Lipinski definition) is 1. The number of carbonyl (C=O) groups excluding carboxylic acids is 1. The lowest BCUT2D eigenvalue weighted by Crippen LogP contribution is -2.12. The minimum Gasteiger partial charge on any atom is -0.489 e. The van der Waals surface area contributed by atoms with E-state index in [1.807, 2.05) is 43.3 Å². The summed E-state index contributed by atoms with van der Waals surface area (Å²) in [5, 5.41) is 2.87. The van der Waals surface area contributed by atoms with E-state index >= 15 is 0 Å². The van der Waals surface area contributed by atoms with E-state index in [0.29, 0.717) is 23.6 Å². The van der Waals surface area contributed by atoms with Crippen molar-refractivity contribution in [3.05, 3.63) is 69.8 Å². The molecule has 1 N–H and O–H groups in total. The van der Waals surface area contributed by atoms with Gasteiger partial charge in [0.15, 0.2) is 0 Å². The van der Waals surface area contributed by atoms with Crippen LogP contribution in [0.1, 0.15) is 17.3 Å². The topological polar surface area (TPSA) is 38.3 Å². The quantitative estimate of drug-likeness (QED) is 0.600. The van der Waals surface area contributed by atoms with Crippen LogP contribution in [-0.2, 0) is 0 Å². The average molecular weight is 393 g/mol. The maximum absolute atomic E-state index is 12.2. The first-order valence-electron chi connectivity index (χ1n) is 6.49. The van der Waals surface area contributed by atoms with Gasteiger partial charge in [-0.1, -0.05) is 18.7 Å². The first-order valence-corrected chi connectivity index (χ1v) is 7.56. The predicted octanol–water partition coefficient (Wildman–Crippen LogP) is 4.50. The lowest BCUT2D eigenvalue weighted by Gasteiger charge is -2.09. The van der Waals surface area contributed by atoms with E-state index in [2.05, 4.69) is 34.5 Å². The molecule has 0 radical (unpaired) electrons. The van der Waals surface area contributed by atoms with Gasteiger partial charge in [0, 0.05) is 20.9 Å². The molecule has 0 saturated carbocycles. The molecule has 2 aromatic rings. The molecule has 0 heterocycles. The molecular weight excluding hydrogens is 377 g/mol. The SMILES string of the molecule is C=C(C)COc1cccc(NC(=O)c2cccc(I)c2)c1. The molecule has 0 unspecified atom stereocenters. The fourth-order valence-electron chi connectivity index (χ4n) is 1.70. The van der Waals surface area contributed by atoms with Gasteiger partial charge in [0.25, 0.3) is 5.91 Å². The number of anilines is 1. The zero-order chi connectivity index (χ0) is 15.2. The second-order valence-corrected chi connectivity index (χ2v) is 5.98. The van der Waals surface area contributed by atoms with Crippen molar-refractivity contribution in [2.24, 2.45) is 0 Å². The summed E-state index contributed by atoms with van der Waals surface area (Å²) in [5.41, 5.74) is 2.29. The lowest BCUT2D eigenvalue weighted by molar-refractivity contribution is 0.102. The Kier molecular flexibility index (Phi) is 5.38. The van der Waals surface area contributed by atoms with E-state index in [0.717, 1.165) is 9.14 Å². The maximum Gasteiger partial charge on any atom is 0.255 e. The lowest BCUT2D eigenvalue weighted by atomic mass is 10.2. The summed E-state index contributed by atoms with van der Waals surface area (Å²) in [4.78, 5) is 12.2. The Hall–Kier alpha value is -1.82. The van der Waals surface area contributed by atoms with Gasteiger partial charge < -0.3 is 10.1 Å². The van der Waals surface area contributed by atoms with Gasteiger partial charge in [0.1, 0.15) is 12.4 Å². The smallest absolute Gasteiger partial charge is 0.255 e. The van der Waals surface area contributed by atoms with E-state index in [4.69, 9.17) is 4.74 Å². The van der Waals surface area contributed by atoms with Gasteiger partial charge in [-0.05, 0) is 65.4 Å². The average Bonchev–Trinajstić information content (AvgIpc) is 2.45. The van der Waals surface area contributed by atoms with Crippen LogP contribution in [0.3, 0.4) is 0 Å². The highest BCUT2D eigenvalue weighted by Crippen LogP contribution is 2.19. The number of rotatable bonds is 5. The van der Waals surface area contributed by atoms with E-state index in [1.165, 1.54) is 0 Å². The van der Waals surface area contributed by atoms with Gasteiger partial charge >= 0.3 is 0 Å². The van der Waals surface area contributed by atoms with Crippen LogP contribution in [0.2, 0.25) is 0 Å². The summed E-state index contributed by atoms with van der Waals surface area (Å²) < 4.78 is 6.59. The Balaban J connectivity index is 2.07. The van der Waals surface area contributed by atoms with Gasteiger partial charge in [0.05, 0.1) is 0 Å². The third-order valence-corrected chi connectivity index (χ3v) is 3.33. The van der Waals surface area contributed by atoms with Crippen molar-refractivity contribution in [1.29, 1.82) is 0 Å². The first-order chi connectivity index (χ1) is 10.0. The van der Waals surface area contributed by atoms with Crippen molar-refractivity contribution >= 4 is 34.2 Å². The van der Waals surface area contributed by atoms with Crippen molar-refractivity contribution in [3.63, 3.8) is 0 Å². The van der Waals surface area contributed by atoms with E-state index < -0.39 is 0 Å². The Morgan fingerprint density at radius 1 is 1.24 bits per heavy atom. The monoisotopic (exact) mass is 393 g/mol. The molecule has 0 aromatic heterocycles. The van der Waals surface area contributed by atoms with Gasteiger partial charge in [-0.3, -0.25) is 4.79 Å². The largest absolute Gasteiger partial charge is 0.489 e. The molecule has 0 aliphatic rings.